The van der Waals surface area contributed by atoms with E-state index in [9.17, 15) is 9.59 Å². The van der Waals surface area contributed by atoms with Crippen molar-refractivity contribution < 1.29 is 18.7 Å². The van der Waals surface area contributed by atoms with E-state index in [0.29, 0.717) is 17.1 Å². The summed E-state index contributed by atoms with van der Waals surface area (Å²) < 4.78 is 11.3. The third-order valence-corrected chi connectivity index (χ3v) is 7.85. The maximum Gasteiger partial charge on any atom is 0.254 e. The molecule has 1 aromatic carbocycles. The number of hydrogen-bond acceptors (Lipinski definition) is 5. The average molecular weight is 467 g/mol. The summed E-state index contributed by atoms with van der Waals surface area (Å²) in [5, 5.41) is 7.75. The van der Waals surface area contributed by atoms with Crippen molar-refractivity contribution in [3.8, 4) is 0 Å². The standard InChI is InChI=1S/C26H30N2O4S/c1-2-16-9-10-21-20(12-16)17(15-32-21)13-23(29)28-26-24(19-7-3-4-8-22(19)33-26)25(30)27-14-18-6-5-11-31-18/h9-10,12,15,18H,2-8,11,13-14H2,1H3,(H,27,30)(H,28,29)/t18-/m1/s1. The van der Waals surface area contributed by atoms with Crippen LogP contribution in [-0.2, 0) is 35.2 Å². The van der Waals surface area contributed by atoms with Crippen LogP contribution in [0.15, 0.2) is 28.9 Å². The number of carbonyl (C=O) groups is 2. The van der Waals surface area contributed by atoms with E-state index >= 15 is 0 Å². The van der Waals surface area contributed by atoms with Crippen molar-refractivity contribution in [1.29, 1.82) is 0 Å². The van der Waals surface area contributed by atoms with Crippen LogP contribution in [0.5, 0.6) is 0 Å². The molecule has 0 saturated carbocycles. The van der Waals surface area contributed by atoms with E-state index in [4.69, 9.17) is 9.15 Å². The summed E-state index contributed by atoms with van der Waals surface area (Å²) in [6.45, 7) is 3.38. The Balaban J connectivity index is 1.34. The lowest BCUT2D eigenvalue weighted by molar-refractivity contribution is -0.115. The smallest absolute Gasteiger partial charge is 0.254 e. The van der Waals surface area contributed by atoms with Crippen LogP contribution in [0.3, 0.4) is 0 Å². The molecule has 0 radical (unpaired) electrons. The number of carbonyl (C=O) groups excluding carboxylic acids is 2. The molecule has 0 spiro atoms. The number of aryl methyl sites for hydroxylation is 2. The van der Waals surface area contributed by atoms with E-state index in [1.165, 1.54) is 10.4 Å². The molecule has 3 aromatic rings. The van der Waals surface area contributed by atoms with Gasteiger partial charge in [-0.25, -0.2) is 0 Å². The third kappa shape index (κ3) is 4.70. The van der Waals surface area contributed by atoms with Gasteiger partial charge in [0.2, 0.25) is 5.91 Å². The van der Waals surface area contributed by atoms with E-state index in [1.54, 1.807) is 17.6 Å². The topological polar surface area (TPSA) is 80.6 Å². The first-order chi connectivity index (χ1) is 16.1. The Hall–Kier alpha value is -2.64. The van der Waals surface area contributed by atoms with Gasteiger partial charge in [0.25, 0.3) is 5.91 Å². The second-order valence-corrected chi connectivity index (χ2v) is 10.0. The van der Waals surface area contributed by atoms with Crippen molar-refractivity contribution in [3.63, 3.8) is 0 Å². The van der Waals surface area contributed by atoms with Crippen LogP contribution in [0.4, 0.5) is 5.00 Å². The monoisotopic (exact) mass is 466 g/mol. The van der Waals surface area contributed by atoms with Crippen LogP contribution in [0, 0.1) is 0 Å². The molecular formula is C26H30N2O4S. The van der Waals surface area contributed by atoms with Gasteiger partial charge in [-0.05, 0) is 68.2 Å². The van der Waals surface area contributed by atoms with Gasteiger partial charge < -0.3 is 19.8 Å². The number of benzene rings is 1. The average Bonchev–Trinajstić information content (AvgIpc) is 3.56. The van der Waals surface area contributed by atoms with Crippen molar-refractivity contribution in [2.24, 2.45) is 0 Å². The summed E-state index contributed by atoms with van der Waals surface area (Å²) in [6, 6.07) is 6.10. The molecule has 5 rings (SSSR count). The molecule has 1 fully saturated rings. The number of nitrogens with one attached hydrogen (secondary N) is 2. The number of fused-ring (bicyclic) bond motifs is 2. The van der Waals surface area contributed by atoms with Crippen molar-refractivity contribution in [2.45, 2.75) is 64.4 Å². The number of hydrogen-bond donors (Lipinski definition) is 2. The Morgan fingerprint density at radius 3 is 2.88 bits per heavy atom. The molecule has 33 heavy (non-hydrogen) atoms. The minimum absolute atomic E-state index is 0.0869. The number of rotatable bonds is 7. The molecular weight excluding hydrogens is 436 g/mol. The maximum absolute atomic E-state index is 13.2. The van der Waals surface area contributed by atoms with Crippen LogP contribution in [-0.4, -0.2) is 31.1 Å². The van der Waals surface area contributed by atoms with Crippen molar-refractivity contribution in [3.05, 3.63) is 51.6 Å². The number of furan rings is 1. The van der Waals surface area contributed by atoms with Crippen LogP contribution in [0.25, 0.3) is 11.0 Å². The summed E-state index contributed by atoms with van der Waals surface area (Å²) in [7, 11) is 0. The van der Waals surface area contributed by atoms with E-state index in [2.05, 4.69) is 23.6 Å². The third-order valence-electron chi connectivity index (χ3n) is 6.64. The van der Waals surface area contributed by atoms with E-state index < -0.39 is 0 Å². The maximum atomic E-state index is 13.2. The lowest BCUT2D eigenvalue weighted by atomic mass is 9.95. The molecule has 2 N–H and O–H groups in total. The number of ether oxygens (including phenoxy) is 1. The summed E-state index contributed by atoms with van der Waals surface area (Å²) in [5.74, 6) is -0.243. The SMILES string of the molecule is CCc1ccc2occ(CC(=O)Nc3sc4c(c3C(=O)NC[C@H]3CCCO3)CCCC4)c2c1. The van der Waals surface area contributed by atoms with Crippen molar-refractivity contribution in [2.75, 3.05) is 18.5 Å². The first kappa shape index (κ1) is 22.2. The van der Waals surface area contributed by atoms with Crippen LogP contribution in [0.2, 0.25) is 0 Å². The fraction of sp³-hybridized carbons (Fsp3) is 0.462. The Kier molecular flexibility index (Phi) is 6.51. The van der Waals surface area contributed by atoms with Gasteiger partial charge >= 0.3 is 0 Å². The predicted octanol–water partition coefficient (Wildman–Crippen LogP) is 5.03. The van der Waals surface area contributed by atoms with Gasteiger partial charge in [0, 0.05) is 29.0 Å². The molecule has 2 aromatic heterocycles. The van der Waals surface area contributed by atoms with Crippen LogP contribution in [0.1, 0.15) is 64.5 Å². The second kappa shape index (κ2) is 9.69. The first-order valence-electron chi connectivity index (χ1n) is 12.0. The molecule has 2 aliphatic rings. The highest BCUT2D eigenvalue weighted by atomic mass is 32.1. The zero-order valence-corrected chi connectivity index (χ0v) is 19.8. The molecule has 6 nitrogen and oxygen atoms in total. The Morgan fingerprint density at radius 1 is 1.18 bits per heavy atom. The zero-order valence-electron chi connectivity index (χ0n) is 19.0. The minimum Gasteiger partial charge on any atom is -0.464 e. The summed E-state index contributed by atoms with van der Waals surface area (Å²) >= 11 is 1.55. The zero-order chi connectivity index (χ0) is 22.8. The highest BCUT2D eigenvalue weighted by molar-refractivity contribution is 7.17. The predicted molar refractivity (Wildman–Crippen MR) is 130 cm³/mol. The highest BCUT2D eigenvalue weighted by Gasteiger charge is 2.27. The summed E-state index contributed by atoms with van der Waals surface area (Å²) in [6.07, 6.45) is 8.95. The second-order valence-electron chi connectivity index (χ2n) is 8.93. The Morgan fingerprint density at radius 2 is 2.06 bits per heavy atom. The number of amides is 2. The van der Waals surface area contributed by atoms with Crippen molar-refractivity contribution >= 4 is 39.1 Å². The molecule has 174 valence electrons. The van der Waals surface area contributed by atoms with Gasteiger partial charge in [0.1, 0.15) is 10.6 Å². The van der Waals surface area contributed by atoms with Gasteiger partial charge in [0.15, 0.2) is 0 Å². The van der Waals surface area contributed by atoms with Gasteiger partial charge in [-0.15, -0.1) is 11.3 Å². The lowest BCUT2D eigenvalue weighted by Gasteiger charge is -2.15. The first-order valence-corrected chi connectivity index (χ1v) is 12.8. The normalized spacial score (nSPS) is 17.8. The summed E-state index contributed by atoms with van der Waals surface area (Å²) in [4.78, 5) is 27.4. The van der Waals surface area contributed by atoms with Gasteiger partial charge in [0.05, 0.1) is 24.4 Å². The molecule has 3 heterocycles. The Labute approximate surface area is 197 Å². The van der Waals surface area contributed by atoms with Gasteiger partial charge in [-0.1, -0.05) is 13.0 Å². The molecule has 1 aliphatic heterocycles. The minimum atomic E-state index is -0.133. The molecule has 0 unspecified atom stereocenters. The molecule has 7 heteroatoms. The van der Waals surface area contributed by atoms with E-state index in [-0.39, 0.29) is 24.3 Å². The fourth-order valence-corrected chi connectivity index (χ4v) is 6.13. The molecule has 0 bridgehead atoms. The van der Waals surface area contributed by atoms with Crippen LogP contribution >= 0.6 is 11.3 Å². The van der Waals surface area contributed by atoms with E-state index in [1.807, 2.05) is 12.1 Å². The number of thiophene rings is 1. The Bertz CT molecular complexity index is 1170. The quantitative estimate of drug-likeness (QED) is 0.512. The summed E-state index contributed by atoms with van der Waals surface area (Å²) in [5.41, 5.74) is 4.61. The molecule has 1 saturated heterocycles. The lowest BCUT2D eigenvalue weighted by Crippen LogP contribution is -2.32. The molecule has 2 amide bonds. The van der Waals surface area contributed by atoms with E-state index in [0.717, 1.165) is 73.6 Å². The fourth-order valence-electron chi connectivity index (χ4n) is 4.82. The molecule has 1 aliphatic carbocycles. The largest absolute Gasteiger partial charge is 0.464 e. The van der Waals surface area contributed by atoms with Gasteiger partial charge in [-0.3, -0.25) is 9.59 Å². The highest BCUT2D eigenvalue weighted by Crippen LogP contribution is 2.38. The van der Waals surface area contributed by atoms with Gasteiger partial charge in [-0.2, -0.15) is 0 Å². The van der Waals surface area contributed by atoms with Crippen LogP contribution < -0.4 is 10.6 Å². The molecule has 1 atom stereocenters. The number of anilines is 1. The van der Waals surface area contributed by atoms with Crippen molar-refractivity contribution in [1.82, 2.24) is 5.32 Å².